The van der Waals surface area contributed by atoms with E-state index in [9.17, 15) is 9.59 Å². The number of nitrogens with zero attached hydrogens (tertiary/aromatic N) is 2. The molecule has 0 saturated heterocycles. The summed E-state index contributed by atoms with van der Waals surface area (Å²) in [5.74, 6) is -0.826. The van der Waals surface area contributed by atoms with Crippen LogP contribution < -0.4 is 0 Å². The van der Waals surface area contributed by atoms with Crippen molar-refractivity contribution in [2.24, 2.45) is 0 Å². The molecule has 0 aliphatic rings. The van der Waals surface area contributed by atoms with Crippen molar-refractivity contribution < 1.29 is 19.1 Å². The summed E-state index contributed by atoms with van der Waals surface area (Å²) in [5.41, 5.74) is 2.72. The van der Waals surface area contributed by atoms with Crippen LogP contribution in [0.4, 0.5) is 0 Å². The number of benzene rings is 2. The topological polar surface area (TPSA) is 78.4 Å². The van der Waals surface area contributed by atoms with Crippen molar-refractivity contribution in [3.8, 4) is 0 Å². The molecule has 0 N–H and O–H groups in total. The molecule has 0 aliphatic carbocycles. The molecule has 140 valence electrons. The maximum Gasteiger partial charge on any atom is 0.339 e. The van der Waals surface area contributed by atoms with Gasteiger partial charge in [0.1, 0.15) is 0 Å². The van der Waals surface area contributed by atoms with Crippen LogP contribution in [0.2, 0.25) is 0 Å². The van der Waals surface area contributed by atoms with E-state index in [0.717, 1.165) is 0 Å². The van der Waals surface area contributed by atoms with Gasteiger partial charge >= 0.3 is 11.9 Å². The number of rotatable bonds is 4. The first-order valence-electron chi connectivity index (χ1n) is 9.09. The SMILES string of the molecule is CCOC(=O)c1ccnc2cc3c(C(=O)OCC)c4ccccc4nc3cc12. The zero-order valence-corrected chi connectivity index (χ0v) is 15.6. The number of para-hydroxylation sites is 1. The Morgan fingerprint density at radius 1 is 0.821 bits per heavy atom. The third kappa shape index (κ3) is 2.93. The number of hydrogen-bond acceptors (Lipinski definition) is 6. The predicted octanol–water partition coefficient (Wildman–Crippen LogP) is 4.29. The van der Waals surface area contributed by atoms with Gasteiger partial charge in [0.15, 0.2) is 0 Å². The highest BCUT2D eigenvalue weighted by atomic mass is 16.5. The Balaban J connectivity index is 2.08. The smallest absolute Gasteiger partial charge is 0.339 e. The van der Waals surface area contributed by atoms with Crippen molar-refractivity contribution in [1.29, 1.82) is 0 Å². The molecule has 0 radical (unpaired) electrons. The van der Waals surface area contributed by atoms with E-state index in [1.54, 1.807) is 38.2 Å². The number of hydrogen-bond donors (Lipinski definition) is 0. The summed E-state index contributed by atoms with van der Waals surface area (Å²) in [7, 11) is 0. The molecular weight excluding hydrogens is 356 g/mol. The zero-order chi connectivity index (χ0) is 19.7. The highest BCUT2D eigenvalue weighted by Gasteiger charge is 2.19. The van der Waals surface area contributed by atoms with Gasteiger partial charge in [-0.2, -0.15) is 0 Å². The van der Waals surface area contributed by atoms with Gasteiger partial charge in [0.25, 0.3) is 0 Å². The standard InChI is InChI=1S/C22H18N2O4/c1-3-27-21(25)13-9-10-23-18-12-16-19(11-15(13)18)24-17-8-6-5-7-14(17)20(16)22(26)28-4-2/h5-12H,3-4H2,1-2H3. The Kier molecular flexibility index (Phi) is 4.61. The summed E-state index contributed by atoms with van der Waals surface area (Å²) in [5, 5.41) is 1.98. The quantitative estimate of drug-likeness (QED) is 0.392. The number of ether oxygens (including phenoxy) is 2. The van der Waals surface area contributed by atoms with E-state index in [4.69, 9.17) is 9.47 Å². The highest BCUT2D eigenvalue weighted by Crippen LogP contribution is 2.31. The van der Waals surface area contributed by atoms with Crippen molar-refractivity contribution in [3.63, 3.8) is 0 Å². The average Bonchev–Trinajstić information content (AvgIpc) is 2.70. The Labute approximate surface area is 161 Å². The highest BCUT2D eigenvalue weighted by molar-refractivity contribution is 6.17. The minimum atomic E-state index is -0.416. The molecule has 28 heavy (non-hydrogen) atoms. The number of fused-ring (bicyclic) bond motifs is 3. The molecule has 0 atom stereocenters. The Bertz CT molecular complexity index is 1230. The second-order valence-electron chi connectivity index (χ2n) is 6.19. The molecule has 0 bridgehead atoms. The molecule has 4 rings (SSSR count). The van der Waals surface area contributed by atoms with Gasteiger partial charge < -0.3 is 9.47 Å². The second kappa shape index (κ2) is 7.23. The Morgan fingerprint density at radius 2 is 1.54 bits per heavy atom. The first-order chi connectivity index (χ1) is 13.6. The van der Waals surface area contributed by atoms with Crippen LogP contribution in [0.15, 0.2) is 48.7 Å². The van der Waals surface area contributed by atoms with E-state index in [1.165, 1.54) is 0 Å². The van der Waals surface area contributed by atoms with Crippen molar-refractivity contribution in [2.45, 2.75) is 13.8 Å². The maximum absolute atomic E-state index is 12.7. The number of aromatic nitrogens is 2. The lowest BCUT2D eigenvalue weighted by Crippen LogP contribution is -2.08. The fourth-order valence-electron chi connectivity index (χ4n) is 3.34. The van der Waals surface area contributed by atoms with Gasteiger partial charge in [0.2, 0.25) is 0 Å². The van der Waals surface area contributed by atoms with E-state index >= 15 is 0 Å². The first-order valence-corrected chi connectivity index (χ1v) is 9.09. The summed E-state index contributed by atoms with van der Waals surface area (Å²) < 4.78 is 10.4. The number of pyridine rings is 2. The third-order valence-corrected chi connectivity index (χ3v) is 4.52. The molecule has 0 spiro atoms. The van der Waals surface area contributed by atoms with Crippen LogP contribution in [0.5, 0.6) is 0 Å². The van der Waals surface area contributed by atoms with Crippen molar-refractivity contribution in [1.82, 2.24) is 9.97 Å². The summed E-state index contributed by atoms with van der Waals surface area (Å²) in [6.07, 6.45) is 1.55. The minimum absolute atomic E-state index is 0.274. The van der Waals surface area contributed by atoms with Crippen molar-refractivity contribution in [2.75, 3.05) is 13.2 Å². The molecule has 2 aromatic heterocycles. The third-order valence-electron chi connectivity index (χ3n) is 4.52. The summed E-state index contributed by atoms with van der Waals surface area (Å²) in [6.45, 7) is 4.09. The maximum atomic E-state index is 12.7. The van der Waals surface area contributed by atoms with Crippen LogP contribution in [0.3, 0.4) is 0 Å². The molecule has 0 unspecified atom stereocenters. The van der Waals surface area contributed by atoms with E-state index in [0.29, 0.717) is 43.8 Å². The van der Waals surface area contributed by atoms with Gasteiger partial charge in [0, 0.05) is 22.4 Å². The van der Waals surface area contributed by atoms with Gasteiger partial charge in [-0.3, -0.25) is 4.98 Å². The molecular formula is C22H18N2O4. The number of carbonyl (C=O) groups is 2. The molecule has 2 aromatic carbocycles. The fourth-order valence-corrected chi connectivity index (χ4v) is 3.34. The zero-order valence-electron chi connectivity index (χ0n) is 15.6. The minimum Gasteiger partial charge on any atom is -0.462 e. The fraction of sp³-hybridized carbons (Fsp3) is 0.182. The molecule has 6 heteroatoms. The van der Waals surface area contributed by atoms with Gasteiger partial charge in [-0.15, -0.1) is 0 Å². The van der Waals surface area contributed by atoms with E-state index in [-0.39, 0.29) is 13.2 Å². The molecule has 0 saturated carbocycles. The Morgan fingerprint density at radius 3 is 2.32 bits per heavy atom. The number of carbonyl (C=O) groups excluding carboxylic acids is 2. The summed E-state index contributed by atoms with van der Waals surface area (Å²) in [6, 6.07) is 12.6. The number of esters is 2. The monoisotopic (exact) mass is 374 g/mol. The molecule has 4 aromatic rings. The van der Waals surface area contributed by atoms with Crippen LogP contribution in [0.1, 0.15) is 34.6 Å². The van der Waals surface area contributed by atoms with Gasteiger partial charge in [-0.05, 0) is 38.1 Å². The van der Waals surface area contributed by atoms with Crippen LogP contribution in [0.25, 0.3) is 32.7 Å². The Hall–Kier alpha value is -3.54. The largest absolute Gasteiger partial charge is 0.462 e. The normalized spacial score (nSPS) is 11.1. The lowest BCUT2D eigenvalue weighted by Gasteiger charge is -2.12. The molecule has 0 fully saturated rings. The lowest BCUT2D eigenvalue weighted by molar-refractivity contribution is 0.0520. The lowest BCUT2D eigenvalue weighted by atomic mass is 9.99. The van der Waals surface area contributed by atoms with E-state index in [2.05, 4.69) is 9.97 Å². The van der Waals surface area contributed by atoms with E-state index in [1.807, 2.05) is 24.3 Å². The van der Waals surface area contributed by atoms with Crippen molar-refractivity contribution in [3.05, 3.63) is 59.8 Å². The summed E-state index contributed by atoms with van der Waals surface area (Å²) >= 11 is 0. The molecule has 6 nitrogen and oxygen atoms in total. The summed E-state index contributed by atoms with van der Waals surface area (Å²) in [4.78, 5) is 34.1. The molecule has 0 aliphatic heterocycles. The van der Waals surface area contributed by atoms with E-state index < -0.39 is 11.9 Å². The van der Waals surface area contributed by atoms with Crippen LogP contribution in [-0.4, -0.2) is 35.1 Å². The molecule has 2 heterocycles. The van der Waals surface area contributed by atoms with Crippen LogP contribution >= 0.6 is 0 Å². The average molecular weight is 374 g/mol. The van der Waals surface area contributed by atoms with Crippen LogP contribution in [-0.2, 0) is 9.47 Å². The van der Waals surface area contributed by atoms with Gasteiger partial charge in [-0.1, -0.05) is 18.2 Å². The van der Waals surface area contributed by atoms with Gasteiger partial charge in [0.05, 0.1) is 40.9 Å². The first kappa shape index (κ1) is 17.9. The second-order valence-corrected chi connectivity index (χ2v) is 6.19. The van der Waals surface area contributed by atoms with Crippen LogP contribution in [0, 0.1) is 0 Å². The molecule has 0 amide bonds. The van der Waals surface area contributed by atoms with Crippen molar-refractivity contribution >= 4 is 44.6 Å². The predicted molar refractivity (Wildman–Crippen MR) is 106 cm³/mol. The van der Waals surface area contributed by atoms with Gasteiger partial charge in [-0.25, -0.2) is 14.6 Å².